The van der Waals surface area contributed by atoms with Crippen molar-refractivity contribution in [3.63, 3.8) is 0 Å². The van der Waals surface area contributed by atoms with Crippen LogP contribution in [0.1, 0.15) is 32.8 Å². The number of nitrogens with zero attached hydrogens (tertiary/aromatic N) is 2. The molecule has 0 atom stereocenters. The van der Waals surface area contributed by atoms with Crippen molar-refractivity contribution in [3.8, 4) is 10.6 Å². The van der Waals surface area contributed by atoms with Gasteiger partial charge in [-0.2, -0.15) is 0 Å². The second-order valence-corrected chi connectivity index (χ2v) is 7.45. The summed E-state index contributed by atoms with van der Waals surface area (Å²) in [5, 5.41) is 18.0. The fraction of sp³-hybridized carbons (Fsp3) is 0.118. The zero-order chi connectivity index (χ0) is 20.4. The van der Waals surface area contributed by atoms with Crippen molar-refractivity contribution in [3.05, 3.63) is 45.7 Å². The molecule has 0 aliphatic heterocycles. The Kier molecular flexibility index (Phi) is 8.16. The van der Waals surface area contributed by atoms with E-state index in [0.717, 1.165) is 23.5 Å². The summed E-state index contributed by atoms with van der Waals surface area (Å²) in [4.78, 5) is 43.4. The van der Waals surface area contributed by atoms with Crippen LogP contribution in [0.15, 0.2) is 23.6 Å². The zero-order valence-corrected chi connectivity index (χ0v) is 20.3. The number of carbonyl (C=O) groups is 3. The number of benzene rings is 1. The van der Waals surface area contributed by atoms with Gasteiger partial charge in [0.05, 0.1) is 22.2 Å². The van der Waals surface area contributed by atoms with Crippen LogP contribution in [0.2, 0.25) is 0 Å². The molecule has 0 aliphatic rings. The van der Waals surface area contributed by atoms with Gasteiger partial charge in [-0.15, -0.1) is 11.3 Å². The number of hydrogen-bond acceptors (Lipinski definition) is 8. The van der Waals surface area contributed by atoms with Crippen LogP contribution in [0.4, 0.5) is 15.2 Å². The molecule has 2 aromatic heterocycles. The molecule has 0 unspecified atom stereocenters. The Labute approximate surface area is 215 Å². The third kappa shape index (κ3) is 5.75. The molecular formula is C17H12FKN4O4S2. The maximum atomic E-state index is 13.7. The van der Waals surface area contributed by atoms with Crippen LogP contribution in [0.5, 0.6) is 0 Å². The smallest absolute Gasteiger partial charge is 0.545 e. The van der Waals surface area contributed by atoms with Gasteiger partial charge in [0, 0.05) is 23.6 Å². The minimum absolute atomic E-state index is 0. The monoisotopic (exact) mass is 458 g/mol. The zero-order valence-electron chi connectivity index (χ0n) is 15.5. The summed E-state index contributed by atoms with van der Waals surface area (Å²) < 4.78 is 13.7. The topological polar surface area (TPSA) is 124 Å². The molecule has 0 saturated heterocycles. The standard InChI is InChI=1S/C17H13FN4O4S2.K/c1-7-13(28-17(19-7)20-8(2)23)12-6-27-15(22-12)14(24)21-9-3-4-10(16(25)26)11(18)5-9;/h3-6H,1-2H3,(H,21,24)(H,25,26)(H,19,20,23);/q;+1/p-1. The first-order chi connectivity index (χ1) is 13.2. The Bertz CT molecular complexity index is 1100. The third-order valence-electron chi connectivity index (χ3n) is 3.46. The molecule has 29 heavy (non-hydrogen) atoms. The summed E-state index contributed by atoms with van der Waals surface area (Å²) >= 11 is 2.32. The van der Waals surface area contributed by atoms with Crippen molar-refractivity contribution in [2.45, 2.75) is 13.8 Å². The number of nitrogens with one attached hydrogen (secondary N) is 2. The second-order valence-electron chi connectivity index (χ2n) is 5.59. The van der Waals surface area contributed by atoms with Gasteiger partial charge >= 0.3 is 51.4 Å². The average Bonchev–Trinajstić information content (AvgIpc) is 3.20. The van der Waals surface area contributed by atoms with Gasteiger partial charge in [0.25, 0.3) is 5.91 Å². The number of aromatic nitrogens is 2. The van der Waals surface area contributed by atoms with E-state index in [1.807, 2.05) is 0 Å². The quantitative estimate of drug-likeness (QED) is 0.487. The average molecular weight is 459 g/mol. The van der Waals surface area contributed by atoms with Crippen LogP contribution in [0.25, 0.3) is 10.6 Å². The molecule has 3 rings (SSSR count). The van der Waals surface area contributed by atoms with E-state index in [1.165, 1.54) is 24.3 Å². The van der Waals surface area contributed by atoms with Gasteiger partial charge in [0.2, 0.25) is 5.91 Å². The number of aromatic carboxylic acids is 1. The number of carboxylic acid groups (broad SMARTS) is 1. The maximum Gasteiger partial charge on any atom is 1.00 e. The van der Waals surface area contributed by atoms with Crippen LogP contribution in [-0.4, -0.2) is 27.8 Å². The molecule has 144 valence electrons. The van der Waals surface area contributed by atoms with Gasteiger partial charge < -0.3 is 20.5 Å². The maximum absolute atomic E-state index is 13.7. The molecule has 8 nitrogen and oxygen atoms in total. The Morgan fingerprint density at radius 2 is 1.90 bits per heavy atom. The molecule has 0 aliphatic carbocycles. The molecule has 3 aromatic rings. The van der Waals surface area contributed by atoms with Crippen LogP contribution >= 0.6 is 22.7 Å². The first-order valence-corrected chi connectivity index (χ1v) is 9.47. The van der Waals surface area contributed by atoms with Crippen molar-refractivity contribution in [1.29, 1.82) is 0 Å². The van der Waals surface area contributed by atoms with Crippen LogP contribution in [-0.2, 0) is 4.79 Å². The van der Waals surface area contributed by atoms with Gasteiger partial charge in [-0.3, -0.25) is 9.59 Å². The number of hydrogen-bond donors (Lipinski definition) is 2. The number of amides is 2. The summed E-state index contributed by atoms with van der Waals surface area (Å²) in [5.41, 5.74) is 0.683. The van der Waals surface area contributed by atoms with Gasteiger partial charge in [-0.1, -0.05) is 11.3 Å². The first kappa shape index (κ1) is 23.7. The van der Waals surface area contributed by atoms with Crippen LogP contribution in [0, 0.1) is 12.7 Å². The summed E-state index contributed by atoms with van der Waals surface area (Å²) in [7, 11) is 0. The number of thiazole rings is 2. The number of carboxylic acids is 1. The molecule has 0 radical (unpaired) electrons. The van der Waals surface area contributed by atoms with Crippen LogP contribution < -0.4 is 67.1 Å². The third-order valence-corrected chi connectivity index (χ3v) is 5.39. The summed E-state index contributed by atoms with van der Waals surface area (Å²) in [5.74, 6) is -3.46. The molecule has 0 spiro atoms. The van der Waals surface area contributed by atoms with Gasteiger partial charge in [-0.05, 0) is 25.1 Å². The number of aryl methyl sites for hydroxylation is 1. The molecule has 0 fully saturated rings. The molecular weight excluding hydrogens is 446 g/mol. The summed E-state index contributed by atoms with van der Waals surface area (Å²) in [6.07, 6.45) is 0. The van der Waals surface area contributed by atoms with E-state index in [9.17, 15) is 23.9 Å². The molecule has 2 heterocycles. The molecule has 2 N–H and O–H groups in total. The Hall–Kier alpha value is -1.54. The number of halogens is 1. The van der Waals surface area contributed by atoms with Crippen LogP contribution in [0.3, 0.4) is 0 Å². The molecule has 0 bridgehead atoms. The van der Waals surface area contributed by atoms with E-state index in [0.29, 0.717) is 21.4 Å². The summed E-state index contributed by atoms with van der Waals surface area (Å²) in [6, 6.07) is 3.16. The molecule has 1 aromatic carbocycles. The number of rotatable bonds is 5. The fourth-order valence-corrected chi connectivity index (χ4v) is 4.01. The molecule has 2 amide bonds. The number of carbonyl (C=O) groups excluding carboxylic acids is 3. The Morgan fingerprint density at radius 1 is 1.17 bits per heavy atom. The SMILES string of the molecule is CC(=O)Nc1nc(C)c(-c2csc(C(=O)Nc3ccc(C(=O)[O-])c(F)c3)n2)s1.[K+]. The fourth-order valence-electron chi connectivity index (χ4n) is 2.26. The van der Waals surface area contributed by atoms with E-state index < -0.39 is 23.3 Å². The van der Waals surface area contributed by atoms with Crippen molar-refractivity contribution < 1.29 is 75.3 Å². The van der Waals surface area contributed by atoms with E-state index in [4.69, 9.17) is 0 Å². The minimum Gasteiger partial charge on any atom is -0.545 e. The molecule has 0 saturated carbocycles. The van der Waals surface area contributed by atoms with Crippen molar-refractivity contribution in [2.75, 3.05) is 10.6 Å². The van der Waals surface area contributed by atoms with Gasteiger partial charge in [0.15, 0.2) is 10.1 Å². The predicted molar refractivity (Wildman–Crippen MR) is 101 cm³/mol. The predicted octanol–water partition coefficient (Wildman–Crippen LogP) is -0.708. The Balaban J connectivity index is 0.00000300. The van der Waals surface area contributed by atoms with Gasteiger partial charge in [0.1, 0.15) is 5.82 Å². The largest absolute Gasteiger partial charge is 1.00 e. The second kappa shape index (κ2) is 9.98. The first-order valence-electron chi connectivity index (χ1n) is 7.77. The summed E-state index contributed by atoms with van der Waals surface area (Å²) in [6.45, 7) is 3.14. The Morgan fingerprint density at radius 3 is 2.52 bits per heavy atom. The number of anilines is 2. The molecule has 12 heteroatoms. The normalized spacial score (nSPS) is 10.2. The minimum atomic E-state index is -1.64. The van der Waals surface area contributed by atoms with Crippen molar-refractivity contribution in [2.24, 2.45) is 0 Å². The van der Waals surface area contributed by atoms with E-state index in [1.54, 1.807) is 12.3 Å². The van der Waals surface area contributed by atoms with E-state index >= 15 is 0 Å². The van der Waals surface area contributed by atoms with Crippen molar-refractivity contribution >= 4 is 51.3 Å². The van der Waals surface area contributed by atoms with Gasteiger partial charge in [-0.25, -0.2) is 14.4 Å². The van der Waals surface area contributed by atoms with Crippen molar-refractivity contribution in [1.82, 2.24) is 9.97 Å². The van der Waals surface area contributed by atoms with E-state index in [-0.39, 0.29) is 68.0 Å². The van der Waals surface area contributed by atoms with E-state index in [2.05, 4.69) is 20.6 Å².